The second-order valence-corrected chi connectivity index (χ2v) is 2.09. The lowest BCUT2D eigenvalue weighted by atomic mass is 10.6. The van der Waals surface area contributed by atoms with Gasteiger partial charge >= 0.3 is 0 Å². The van der Waals surface area contributed by atoms with E-state index in [1.54, 1.807) is 10.8 Å². The lowest BCUT2D eigenvalue weighted by molar-refractivity contribution is 0.343. The standard InChI is InChI=1S/C6H6N2O2/c9-5-1-2-8-3-4-10-6(8)7-5/h1-2H,3-4H2. The Morgan fingerprint density at radius 2 is 2.60 bits per heavy atom. The van der Waals surface area contributed by atoms with E-state index in [-0.39, 0.29) is 5.56 Å². The van der Waals surface area contributed by atoms with E-state index in [0.29, 0.717) is 12.6 Å². The van der Waals surface area contributed by atoms with E-state index in [9.17, 15) is 4.79 Å². The second kappa shape index (κ2) is 1.83. The van der Waals surface area contributed by atoms with Gasteiger partial charge in [0.15, 0.2) is 0 Å². The number of ether oxygens (including phenoxy) is 1. The van der Waals surface area contributed by atoms with Crippen molar-refractivity contribution in [1.82, 2.24) is 9.55 Å². The van der Waals surface area contributed by atoms with Crippen LogP contribution in [0.2, 0.25) is 0 Å². The van der Waals surface area contributed by atoms with Gasteiger partial charge in [-0.3, -0.25) is 9.36 Å². The lowest BCUT2D eigenvalue weighted by Gasteiger charge is -1.94. The zero-order valence-corrected chi connectivity index (χ0v) is 5.28. The number of hydrogen-bond donors (Lipinski definition) is 0. The quantitative estimate of drug-likeness (QED) is 0.491. The van der Waals surface area contributed by atoms with Gasteiger partial charge in [0.05, 0.1) is 6.54 Å². The van der Waals surface area contributed by atoms with Crippen molar-refractivity contribution in [3.63, 3.8) is 0 Å². The van der Waals surface area contributed by atoms with Crippen molar-refractivity contribution in [3.05, 3.63) is 22.6 Å². The van der Waals surface area contributed by atoms with Gasteiger partial charge in [0.25, 0.3) is 11.6 Å². The molecule has 0 aliphatic carbocycles. The minimum atomic E-state index is -0.242. The van der Waals surface area contributed by atoms with Crippen molar-refractivity contribution in [2.24, 2.45) is 0 Å². The predicted octanol–water partition coefficient (Wildman–Crippen LogP) is -0.364. The van der Waals surface area contributed by atoms with Gasteiger partial charge in [-0.25, -0.2) is 0 Å². The van der Waals surface area contributed by atoms with Crippen LogP contribution < -0.4 is 10.3 Å². The van der Waals surface area contributed by atoms with E-state index in [1.165, 1.54) is 6.07 Å². The summed E-state index contributed by atoms with van der Waals surface area (Å²) in [4.78, 5) is 14.3. The van der Waals surface area contributed by atoms with Crippen molar-refractivity contribution in [2.45, 2.75) is 6.54 Å². The van der Waals surface area contributed by atoms with Crippen LogP contribution in [0.15, 0.2) is 17.1 Å². The van der Waals surface area contributed by atoms with Crippen molar-refractivity contribution >= 4 is 0 Å². The summed E-state index contributed by atoms with van der Waals surface area (Å²) >= 11 is 0. The van der Waals surface area contributed by atoms with Crippen molar-refractivity contribution in [1.29, 1.82) is 0 Å². The summed E-state index contributed by atoms with van der Waals surface area (Å²) in [5, 5.41) is 0. The van der Waals surface area contributed by atoms with Crippen LogP contribution in [0, 0.1) is 0 Å². The maximum Gasteiger partial charge on any atom is 0.299 e. The predicted molar refractivity (Wildman–Crippen MR) is 34.0 cm³/mol. The molecule has 0 amide bonds. The Bertz CT molecular complexity index is 305. The highest BCUT2D eigenvalue weighted by molar-refractivity contribution is 5.01. The number of hydrogen-bond acceptors (Lipinski definition) is 3. The summed E-state index contributed by atoms with van der Waals surface area (Å²) in [5.74, 6) is 0. The molecule has 2 rings (SSSR count). The normalized spacial score (nSPS) is 14.4. The second-order valence-electron chi connectivity index (χ2n) is 2.09. The molecule has 0 atom stereocenters. The van der Waals surface area contributed by atoms with Crippen LogP contribution in [0.25, 0.3) is 0 Å². The van der Waals surface area contributed by atoms with Crippen LogP contribution in [0.5, 0.6) is 6.01 Å². The monoisotopic (exact) mass is 138 g/mol. The largest absolute Gasteiger partial charge is 0.463 e. The van der Waals surface area contributed by atoms with Gasteiger partial charge in [0.1, 0.15) is 6.61 Å². The molecule has 0 saturated carbocycles. The first-order chi connectivity index (χ1) is 4.86. The molecule has 1 aliphatic heterocycles. The summed E-state index contributed by atoms with van der Waals surface area (Å²) in [6.45, 7) is 1.42. The smallest absolute Gasteiger partial charge is 0.299 e. The fraction of sp³-hybridized carbons (Fsp3) is 0.333. The SMILES string of the molecule is O=c1ccn2c(n1)OCC2. The molecule has 1 aromatic rings. The van der Waals surface area contributed by atoms with Crippen molar-refractivity contribution < 1.29 is 4.74 Å². The third kappa shape index (κ3) is 0.689. The molecule has 4 nitrogen and oxygen atoms in total. The minimum absolute atomic E-state index is 0.242. The van der Waals surface area contributed by atoms with Gasteiger partial charge in [-0.2, -0.15) is 4.98 Å². The highest BCUT2D eigenvalue weighted by Gasteiger charge is 2.09. The zero-order valence-electron chi connectivity index (χ0n) is 5.28. The number of rotatable bonds is 0. The highest BCUT2D eigenvalue weighted by Crippen LogP contribution is 2.09. The Morgan fingerprint density at radius 1 is 1.70 bits per heavy atom. The molecule has 0 saturated heterocycles. The molecule has 0 N–H and O–H groups in total. The van der Waals surface area contributed by atoms with Crippen LogP contribution >= 0.6 is 0 Å². The van der Waals surface area contributed by atoms with Crippen LogP contribution in [-0.2, 0) is 6.54 Å². The number of fused-ring (bicyclic) bond motifs is 1. The Balaban J connectivity index is 2.63. The summed E-state index contributed by atoms with van der Waals surface area (Å²) < 4.78 is 6.84. The molecule has 0 radical (unpaired) electrons. The third-order valence-electron chi connectivity index (χ3n) is 1.41. The summed E-state index contributed by atoms with van der Waals surface area (Å²) in [6, 6.07) is 1.87. The van der Waals surface area contributed by atoms with Gasteiger partial charge in [-0.1, -0.05) is 0 Å². The molecule has 1 aromatic heterocycles. The molecule has 0 aromatic carbocycles. The average molecular weight is 138 g/mol. The van der Waals surface area contributed by atoms with E-state index in [2.05, 4.69) is 4.98 Å². The molecule has 4 heteroatoms. The van der Waals surface area contributed by atoms with Crippen LogP contribution in [-0.4, -0.2) is 16.2 Å². The fourth-order valence-electron chi connectivity index (χ4n) is 0.934. The summed E-state index contributed by atoms with van der Waals surface area (Å²) in [6.07, 6.45) is 1.69. The molecule has 1 aliphatic rings. The molecule has 0 unspecified atom stereocenters. The first-order valence-electron chi connectivity index (χ1n) is 3.06. The summed E-state index contributed by atoms with van der Waals surface area (Å²) in [5.41, 5.74) is -0.242. The lowest BCUT2D eigenvalue weighted by Crippen LogP contribution is -2.07. The average Bonchev–Trinajstić information content (AvgIpc) is 2.33. The topological polar surface area (TPSA) is 44.1 Å². The Hall–Kier alpha value is -1.32. The van der Waals surface area contributed by atoms with E-state index >= 15 is 0 Å². The molecule has 0 bridgehead atoms. The molecular weight excluding hydrogens is 132 g/mol. The highest BCUT2D eigenvalue weighted by atomic mass is 16.5. The van der Waals surface area contributed by atoms with Gasteiger partial charge < -0.3 is 4.74 Å². The maximum absolute atomic E-state index is 10.6. The van der Waals surface area contributed by atoms with Gasteiger partial charge in [0.2, 0.25) is 0 Å². The van der Waals surface area contributed by atoms with E-state index in [0.717, 1.165) is 6.54 Å². The Kier molecular flexibility index (Phi) is 1.00. The van der Waals surface area contributed by atoms with Gasteiger partial charge in [-0.05, 0) is 0 Å². The molecule has 2 heterocycles. The first-order valence-corrected chi connectivity index (χ1v) is 3.06. The molecule has 52 valence electrons. The number of nitrogens with zero attached hydrogens (tertiary/aromatic N) is 2. The van der Waals surface area contributed by atoms with Gasteiger partial charge in [0, 0.05) is 12.3 Å². The molecular formula is C6H6N2O2. The van der Waals surface area contributed by atoms with Gasteiger partial charge in [-0.15, -0.1) is 0 Å². The number of aromatic nitrogens is 2. The maximum atomic E-state index is 10.6. The Morgan fingerprint density at radius 3 is 3.50 bits per heavy atom. The summed E-state index contributed by atoms with van der Waals surface area (Å²) in [7, 11) is 0. The van der Waals surface area contributed by atoms with Crippen molar-refractivity contribution in [3.8, 4) is 6.01 Å². The van der Waals surface area contributed by atoms with Crippen LogP contribution in [0.3, 0.4) is 0 Å². The molecule has 0 fully saturated rings. The molecule has 0 spiro atoms. The minimum Gasteiger partial charge on any atom is -0.463 e. The van der Waals surface area contributed by atoms with Crippen LogP contribution in [0.4, 0.5) is 0 Å². The van der Waals surface area contributed by atoms with Crippen LogP contribution in [0.1, 0.15) is 0 Å². The molecule has 10 heavy (non-hydrogen) atoms. The van der Waals surface area contributed by atoms with E-state index in [1.807, 2.05) is 0 Å². The van der Waals surface area contributed by atoms with E-state index in [4.69, 9.17) is 4.74 Å². The first kappa shape index (κ1) is 5.46. The van der Waals surface area contributed by atoms with E-state index < -0.39 is 0 Å². The Labute approximate surface area is 57.1 Å². The fourth-order valence-corrected chi connectivity index (χ4v) is 0.934. The van der Waals surface area contributed by atoms with Crippen molar-refractivity contribution in [2.75, 3.05) is 6.61 Å². The zero-order chi connectivity index (χ0) is 6.97. The third-order valence-corrected chi connectivity index (χ3v) is 1.41.